The van der Waals surface area contributed by atoms with E-state index in [9.17, 15) is 18.0 Å². The predicted octanol–water partition coefficient (Wildman–Crippen LogP) is 2.58. The second-order valence-electron chi connectivity index (χ2n) is 4.19. The molecule has 2 heterocycles. The molecule has 1 N–H and O–H groups in total. The molecule has 0 aliphatic rings. The molecule has 0 fully saturated rings. The molecule has 2 rings (SSSR count). The van der Waals surface area contributed by atoms with Crippen LogP contribution in [-0.2, 0) is 6.18 Å². The lowest BCUT2D eigenvalue weighted by atomic mass is 10.2. The molecule has 0 radical (unpaired) electrons. The number of aryl methyl sites for hydroxylation is 1. The summed E-state index contributed by atoms with van der Waals surface area (Å²) in [7, 11) is 0. The summed E-state index contributed by atoms with van der Waals surface area (Å²) in [5.41, 5.74) is -0.0849. The molecule has 0 bridgehead atoms. The number of amides is 1. The molecule has 20 heavy (non-hydrogen) atoms. The number of halogens is 3. The average molecular weight is 283 g/mol. The van der Waals surface area contributed by atoms with Gasteiger partial charge in [0.05, 0.1) is 11.3 Å². The van der Waals surface area contributed by atoms with Gasteiger partial charge in [-0.2, -0.15) is 13.2 Å². The molecule has 2 aromatic rings. The minimum absolute atomic E-state index is 0.0907. The first-order valence-corrected chi connectivity index (χ1v) is 5.79. The van der Waals surface area contributed by atoms with Gasteiger partial charge in [-0.25, -0.2) is 4.98 Å². The SMILES string of the molecule is C=CCNC(=O)c1c(C)nc2ccc(C(F)(F)F)cn12. The molecule has 4 nitrogen and oxygen atoms in total. The van der Waals surface area contributed by atoms with E-state index in [-0.39, 0.29) is 12.2 Å². The van der Waals surface area contributed by atoms with Gasteiger partial charge >= 0.3 is 6.18 Å². The van der Waals surface area contributed by atoms with E-state index in [1.165, 1.54) is 12.1 Å². The number of fused-ring (bicyclic) bond motifs is 1. The van der Waals surface area contributed by atoms with Crippen LogP contribution in [0.1, 0.15) is 21.7 Å². The molecule has 0 aromatic carbocycles. The molecular weight excluding hydrogens is 271 g/mol. The van der Waals surface area contributed by atoms with Crippen molar-refractivity contribution in [2.75, 3.05) is 6.54 Å². The molecule has 0 aliphatic heterocycles. The summed E-state index contributed by atoms with van der Waals surface area (Å²) in [6, 6.07) is 2.17. The summed E-state index contributed by atoms with van der Waals surface area (Å²) in [6.07, 6.45) is -2.11. The van der Waals surface area contributed by atoms with Gasteiger partial charge in [0.2, 0.25) is 0 Å². The van der Waals surface area contributed by atoms with Crippen molar-refractivity contribution in [2.24, 2.45) is 0 Å². The zero-order valence-corrected chi connectivity index (χ0v) is 10.7. The van der Waals surface area contributed by atoms with Gasteiger partial charge < -0.3 is 5.32 Å². The zero-order chi connectivity index (χ0) is 14.9. The Balaban J connectivity index is 2.55. The van der Waals surface area contributed by atoms with Crippen LogP contribution in [0.3, 0.4) is 0 Å². The van der Waals surface area contributed by atoms with E-state index in [1.807, 2.05) is 0 Å². The van der Waals surface area contributed by atoms with Gasteiger partial charge in [0.1, 0.15) is 11.3 Å². The lowest BCUT2D eigenvalue weighted by Gasteiger charge is -2.08. The fourth-order valence-electron chi connectivity index (χ4n) is 1.85. The van der Waals surface area contributed by atoms with Gasteiger partial charge in [-0.15, -0.1) is 6.58 Å². The first-order chi connectivity index (χ1) is 9.34. The summed E-state index contributed by atoms with van der Waals surface area (Å²) in [4.78, 5) is 16.0. The smallest absolute Gasteiger partial charge is 0.347 e. The van der Waals surface area contributed by atoms with Crippen molar-refractivity contribution in [3.05, 3.63) is 47.9 Å². The highest BCUT2D eigenvalue weighted by atomic mass is 19.4. The van der Waals surface area contributed by atoms with Gasteiger partial charge in [0.15, 0.2) is 0 Å². The first-order valence-electron chi connectivity index (χ1n) is 5.79. The highest BCUT2D eigenvalue weighted by Gasteiger charge is 2.31. The van der Waals surface area contributed by atoms with E-state index in [1.54, 1.807) is 6.92 Å². The van der Waals surface area contributed by atoms with Gasteiger partial charge in [-0.1, -0.05) is 6.08 Å². The summed E-state index contributed by atoms with van der Waals surface area (Å²) in [5.74, 6) is -0.491. The van der Waals surface area contributed by atoms with E-state index < -0.39 is 17.6 Å². The monoisotopic (exact) mass is 283 g/mol. The highest BCUT2D eigenvalue weighted by Crippen LogP contribution is 2.29. The van der Waals surface area contributed by atoms with Gasteiger partial charge in [0.25, 0.3) is 5.91 Å². The van der Waals surface area contributed by atoms with Crippen molar-refractivity contribution in [3.8, 4) is 0 Å². The fourth-order valence-corrected chi connectivity index (χ4v) is 1.85. The van der Waals surface area contributed by atoms with Crippen molar-refractivity contribution in [1.29, 1.82) is 0 Å². The maximum Gasteiger partial charge on any atom is 0.417 e. The molecule has 0 unspecified atom stereocenters. The van der Waals surface area contributed by atoms with E-state index in [0.29, 0.717) is 11.3 Å². The summed E-state index contributed by atoms with van der Waals surface area (Å²) in [6.45, 7) is 5.26. The average Bonchev–Trinajstić information content (AvgIpc) is 2.69. The van der Waals surface area contributed by atoms with Crippen LogP contribution in [0.15, 0.2) is 31.0 Å². The van der Waals surface area contributed by atoms with Crippen molar-refractivity contribution in [2.45, 2.75) is 13.1 Å². The van der Waals surface area contributed by atoms with Gasteiger partial charge in [0, 0.05) is 12.7 Å². The number of carbonyl (C=O) groups is 1. The third kappa shape index (κ3) is 2.52. The van der Waals surface area contributed by atoms with Crippen molar-refractivity contribution < 1.29 is 18.0 Å². The molecule has 0 spiro atoms. The van der Waals surface area contributed by atoms with Crippen LogP contribution in [0, 0.1) is 6.92 Å². The molecule has 106 valence electrons. The number of nitrogens with one attached hydrogen (secondary N) is 1. The number of aromatic nitrogens is 2. The topological polar surface area (TPSA) is 46.4 Å². The van der Waals surface area contributed by atoms with Crippen molar-refractivity contribution in [3.63, 3.8) is 0 Å². The quantitative estimate of drug-likeness (QED) is 0.880. The number of hydrogen-bond donors (Lipinski definition) is 1. The standard InChI is InChI=1S/C13H12F3N3O/c1-3-6-17-12(20)11-8(2)18-10-5-4-9(7-19(10)11)13(14,15)16/h3-5,7H,1,6H2,2H3,(H,17,20). The van der Waals surface area contributed by atoms with Crippen LogP contribution in [0.5, 0.6) is 0 Å². The minimum atomic E-state index is -4.47. The summed E-state index contributed by atoms with van der Waals surface area (Å²) < 4.78 is 39.3. The Bertz CT molecular complexity index is 673. The zero-order valence-electron chi connectivity index (χ0n) is 10.7. The highest BCUT2D eigenvalue weighted by molar-refractivity contribution is 5.94. The first kappa shape index (κ1) is 14.1. The second-order valence-corrected chi connectivity index (χ2v) is 4.19. The Labute approximate surface area is 112 Å². The second kappa shape index (κ2) is 4.99. The molecular formula is C13H12F3N3O. The Hall–Kier alpha value is -2.31. The largest absolute Gasteiger partial charge is 0.417 e. The molecule has 1 amide bonds. The molecule has 0 atom stereocenters. The van der Waals surface area contributed by atoms with Gasteiger partial charge in [-0.3, -0.25) is 9.20 Å². The Morgan fingerprint density at radius 3 is 2.80 bits per heavy atom. The van der Waals surface area contributed by atoms with Crippen LogP contribution in [0.2, 0.25) is 0 Å². The Kier molecular flexibility index (Phi) is 3.52. The van der Waals surface area contributed by atoms with Crippen molar-refractivity contribution >= 4 is 11.6 Å². The van der Waals surface area contributed by atoms with Crippen LogP contribution in [0.25, 0.3) is 5.65 Å². The van der Waals surface area contributed by atoms with E-state index >= 15 is 0 Å². The summed E-state index contributed by atoms with van der Waals surface area (Å²) >= 11 is 0. The number of alkyl halides is 3. The molecule has 0 saturated heterocycles. The fraction of sp³-hybridized carbons (Fsp3) is 0.231. The molecule has 7 heteroatoms. The molecule has 2 aromatic heterocycles. The number of rotatable bonds is 3. The predicted molar refractivity (Wildman–Crippen MR) is 67.5 cm³/mol. The van der Waals surface area contributed by atoms with E-state index in [2.05, 4.69) is 16.9 Å². The Morgan fingerprint density at radius 1 is 1.50 bits per heavy atom. The lowest BCUT2D eigenvalue weighted by molar-refractivity contribution is -0.137. The van der Waals surface area contributed by atoms with Crippen LogP contribution < -0.4 is 5.32 Å². The number of carbonyl (C=O) groups excluding carboxylic acids is 1. The van der Waals surface area contributed by atoms with Crippen LogP contribution in [-0.4, -0.2) is 21.8 Å². The van der Waals surface area contributed by atoms with E-state index in [0.717, 1.165) is 16.7 Å². The normalized spacial score (nSPS) is 11.6. The maximum absolute atomic E-state index is 12.7. The minimum Gasteiger partial charge on any atom is -0.347 e. The maximum atomic E-state index is 12.7. The third-order valence-corrected chi connectivity index (χ3v) is 2.74. The van der Waals surface area contributed by atoms with Crippen LogP contribution >= 0.6 is 0 Å². The summed E-state index contributed by atoms with van der Waals surface area (Å²) in [5, 5.41) is 2.53. The number of pyridine rings is 1. The van der Waals surface area contributed by atoms with Crippen molar-refractivity contribution in [1.82, 2.24) is 14.7 Å². The number of imidazole rings is 1. The Morgan fingerprint density at radius 2 is 2.20 bits per heavy atom. The molecule has 0 saturated carbocycles. The third-order valence-electron chi connectivity index (χ3n) is 2.74. The van der Waals surface area contributed by atoms with Crippen LogP contribution in [0.4, 0.5) is 13.2 Å². The lowest BCUT2D eigenvalue weighted by Crippen LogP contribution is -2.25. The van der Waals surface area contributed by atoms with Gasteiger partial charge in [-0.05, 0) is 19.1 Å². The molecule has 0 aliphatic carbocycles. The number of hydrogen-bond acceptors (Lipinski definition) is 2. The van der Waals surface area contributed by atoms with E-state index in [4.69, 9.17) is 0 Å². The number of nitrogens with zero attached hydrogens (tertiary/aromatic N) is 2.